The minimum absolute atomic E-state index is 0.129. The van der Waals surface area contributed by atoms with Crippen LogP contribution < -0.4 is 10.6 Å². The molecule has 0 fully saturated rings. The van der Waals surface area contributed by atoms with Crippen LogP contribution in [0.3, 0.4) is 0 Å². The lowest BCUT2D eigenvalue weighted by Gasteiger charge is -2.32. The highest BCUT2D eigenvalue weighted by molar-refractivity contribution is 7.10. The van der Waals surface area contributed by atoms with E-state index in [9.17, 15) is 18.0 Å². The van der Waals surface area contributed by atoms with E-state index in [1.807, 2.05) is 0 Å². The molecule has 1 aliphatic rings. The van der Waals surface area contributed by atoms with Crippen LogP contribution in [-0.4, -0.2) is 21.9 Å². The van der Waals surface area contributed by atoms with Crippen molar-refractivity contribution in [2.75, 3.05) is 10.6 Å². The molecular formula is C18H13Cl2F3N4OS. The van der Waals surface area contributed by atoms with Gasteiger partial charge in [0.25, 0.3) is 5.91 Å². The quantitative estimate of drug-likeness (QED) is 0.491. The van der Waals surface area contributed by atoms with E-state index in [1.54, 1.807) is 17.5 Å². The summed E-state index contributed by atoms with van der Waals surface area (Å²) in [5, 5.41) is 11.9. The third-order valence-corrected chi connectivity index (χ3v) is 6.02. The first kappa shape index (κ1) is 20.1. The lowest BCUT2D eigenvalue weighted by Crippen LogP contribution is -2.35. The highest BCUT2D eigenvalue weighted by Crippen LogP contribution is 2.44. The molecular weight excluding hydrogens is 448 g/mol. The molecule has 1 aromatic carbocycles. The Hall–Kier alpha value is -2.23. The number of anilines is 2. The van der Waals surface area contributed by atoms with Gasteiger partial charge in [0, 0.05) is 22.4 Å². The van der Waals surface area contributed by atoms with Crippen LogP contribution in [0, 0.1) is 0 Å². The summed E-state index contributed by atoms with van der Waals surface area (Å²) in [4.78, 5) is 13.3. The fraction of sp³-hybridized carbons (Fsp3) is 0.222. The molecule has 0 saturated heterocycles. The van der Waals surface area contributed by atoms with E-state index in [2.05, 4.69) is 15.7 Å². The molecule has 0 radical (unpaired) electrons. The standard InChI is InChI=1S/C18H13Cl2F3N4OS/c19-9-3-4-11(10(20)6-9)25-17(28)13-8-16-24-12(14-2-1-5-29-14)7-15(18(21,22)23)27(16)26-13/h1-6,8,12,15,24H,7H2,(H,25,28)/t12-,15+/m0/s1. The number of carbonyl (C=O) groups excluding carboxylic acids is 1. The molecule has 2 atom stereocenters. The fourth-order valence-corrected chi connectivity index (χ4v) is 4.38. The molecule has 0 bridgehead atoms. The van der Waals surface area contributed by atoms with E-state index in [0.717, 1.165) is 9.56 Å². The summed E-state index contributed by atoms with van der Waals surface area (Å²) in [6, 6.07) is 6.99. The summed E-state index contributed by atoms with van der Waals surface area (Å²) in [5.74, 6) is -0.546. The van der Waals surface area contributed by atoms with Crippen LogP contribution in [0.2, 0.25) is 10.0 Å². The number of hydrogen-bond donors (Lipinski definition) is 2. The average Bonchev–Trinajstić information content (AvgIpc) is 3.31. The van der Waals surface area contributed by atoms with Gasteiger partial charge >= 0.3 is 6.18 Å². The molecule has 29 heavy (non-hydrogen) atoms. The first-order valence-electron chi connectivity index (χ1n) is 8.45. The Kier molecular flexibility index (Phi) is 5.22. The van der Waals surface area contributed by atoms with Gasteiger partial charge in [-0.25, -0.2) is 4.68 Å². The van der Waals surface area contributed by atoms with Crippen molar-refractivity contribution in [1.82, 2.24) is 9.78 Å². The molecule has 0 spiro atoms. The molecule has 1 amide bonds. The Balaban J connectivity index is 1.64. The molecule has 0 saturated carbocycles. The number of benzene rings is 1. The van der Waals surface area contributed by atoms with Gasteiger partial charge in [-0.05, 0) is 29.6 Å². The summed E-state index contributed by atoms with van der Waals surface area (Å²) < 4.78 is 41.8. The molecule has 2 aromatic heterocycles. The normalized spacial score (nSPS) is 18.8. The summed E-state index contributed by atoms with van der Waals surface area (Å²) in [7, 11) is 0. The zero-order valence-corrected chi connectivity index (χ0v) is 16.8. The maximum absolute atomic E-state index is 13.7. The first-order valence-corrected chi connectivity index (χ1v) is 10.1. The number of rotatable bonds is 3. The topological polar surface area (TPSA) is 59.0 Å². The number of thiophene rings is 1. The SMILES string of the molecule is O=C(Nc1ccc(Cl)cc1Cl)c1cc2n(n1)[C@@H](C(F)(F)F)C[C@@H](c1cccs1)N2. The number of fused-ring (bicyclic) bond motifs is 1. The second-order valence-corrected chi connectivity index (χ2v) is 8.27. The van der Waals surface area contributed by atoms with E-state index in [-0.39, 0.29) is 28.6 Å². The Morgan fingerprint density at radius 2 is 2.07 bits per heavy atom. The number of alkyl halides is 3. The predicted octanol–water partition coefficient (Wildman–Crippen LogP) is 6.16. The van der Waals surface area contributed by atoms with Gasteiger partial charge in [-0.2, -0.15) is 18.3 Å². The molecule has 1 aliphatic heterocycles. The van der Waals surface area contributed by atoms with Crippen LogP contribution in [0.25, 0.3) is 0 Å². The Morgan fingerprint density at radius 3 is 2.72 bits per heavy atom. The van der Waals surface area contributed by atoms with Crippen molar-refractivity contribution in [3.8, 4) is 0 Å². The van der Waals surface area contributed by atoms with Gasteiger partial charge in [-0.3, -0.25) is 4.79 Å². The largest absolute Gasteiger partial charge is 0.410 e. The smallest absolute Gasteiger partial charge is 0.363 e. The van der Waals surface area contributed by atoms with Gasteiger partial charge in [0.15, 0.2) is 11.7 Å². The van der Waals surface area contributed by atoms with Crippen LogP contribution in [0.4, 0.5) is 24.7 Å². The van der Waals surface area contributed by atoms with Crippen molar-refractivity contribution >= 4 is 52.0 Å². The maximum atomic E-state index is 13.7. The molecule has 3 heterocycles. The summed E-state index contributed by atoms with van der Waals surface area (Å²) in [5.41, 5.74) is 0.128. The second kappa shape index (κ2) is 7.55. The van der Waals surface area contributed by atoms with Crippen molar-refractivity contribution < 1.29 is 18.0 Å². The number of halogens is 5. The number of nitrogens with zero attached hydrogens (tertiary/aromatic N) is 2. The lowest BCUT2D eigenvalue weighted by molar-refractivity contribution is -0.173. The Morgan fingerprint density at radius 1 is 1.28 bits per heavy atom. The highest BCUT2D eigenvalue weighted by Gasteiger charge is 2.47. The van der Waals surface area contributed by atoms with Gasteiger partial charge < -0.3 is 10.6 Å². The lowest BCUT2D eigenvalue weighted by atomic mass is 10.0. The van der Waals surface area contributed by atoms with Gasteiger partial charge in [0.05, 0.1) is 16.8 Å². The second-order valence-electron chi connectivity index (χ2n) is 6.44. The number of amides is 1. The molecule has 4 rings (SSSR count). The zero-order valence-electron chi connectivity index (χ0n) is 14.5. The third kappa shape index (κ3) is 4.08. The van der Waals surface area contributed by atoms with Gasteiger partial charge in [-0.15, -0.1) is 11.3 Å². The molecule has 0 unspecified atom stereocenters. The van der Waals surface area contributed by atoms with Crippen molar-refractivity contribution in [3.63, 3.8) is 0 Å². The molecule has 152 valence electrons. The molecule has 5 nitrogen and oxygen atoms in total. The van der Waals surface area contributed by atoms with Crippen LogP contribution >= 0.6 is 34.5 Å². The molecule has 3 aromatic rings. The van der Waals surface area contributed by atoms with E-state index < -0.39 is 24.2 Å². The van der Waals surface area contributed by atoms with E-state index in [0.29, 0.717) is 5.02 Å². The van der Waals surface area contributed by atoms with E-state index in [4.69, 9.17) is 23.2 Å². The maximum Gasteiger partial charge on any atom is 0.410 e. The summed E-state index contributed by atoms with van der Waals surface area (Å²) in [6.07, 6.45) is -4.73. The Bertz CT molecular complexity index is 1050. The Labute approximate surface area is 177 Å². The first-order chi connectivity index (χ1) is 13.7. The third-order valence-electron chi connectivity index (χ3n) is 4.49. The molecule has 11 heteroatoms. The van der Waals surface area contributed by atoms with Crippen LogP contribution in [0.1, 0.15) is 33.9 Å². The van der Waals surface area contributed by atoms with E-state index in [1.165, 1.54) is 35.6 Å². The predicted molar refractivity (Wildman–Crippen MR) is 107 cm³/mol. The minimum Gasteiger partial charge on any atom is -0.363 e. The average molecular weight is 461 g/mol. The van der Waals surface area contributed by atoms with Gasteiger partial charge in [-0.1, -0.05) is 29.3 Å². The van der Waals surface area contributed by atoms with Crippen molar-refractivity contribution in [2.24, 2.45) is 0 Å². The van der Waals surface area contributed by atoms with Crippen LogP contribution in [0.5, 0.6) is 0 Å². The molecule has 2 N–H and O–H groups in total. The van der Waals surface area contributed by atoms with Gasteiger partial charge in [0.1, 0.15) is 5.82 Å². The zero-order chi connectivity index (χ0) is 20.8. The summed E-state index contributed by atoms with van der Waals surface area (Å²) in [6.45, 7) is 0. The molecule has 0 aliphatic carbocycles. The van der Waals surface area contributed by atoms with Crippen LogP contribution in [-0.2, 0) is 0 Å². The van der Waals surface area contributed by atoms with Crippen molar-refractivity contribution in [2.45, 2.75) is 24.7 Å². The van der Waals surface area contributed by atoms with Gasteiger partial charge in [0.2, 0.25) is 0 Å². The van der Waals surface area contributed by atoms with Crippen molar-refractivity contribution in [1.29, 1.82) is 0 Å². The van der Waals surface area contributed by atoms with E-state index >= 15 is 0 Å². The summed E-state index contributed by atoms with van der Waals surface area (Å²) >= 11 is 13.2. The number of nitrogens with one attached hydrogen (secondary N) is 2. The highest BCUT2D eigenvalue weighted by atomic mass is 35.5. The van der Waals surface area contributed by atoms with Crippen LogP contribution in [0.15, 0.2) is 41.8 Å². The number of hydrogen-bond acceptors (Lipinski definition) is 4. The fourth-order valence-electron chi connectivity index (χ4n) is 3.14. The monoisotopic (exact) mass is 460 g/mol. The number of aromatic nitrogens is 2. The van der Waals surface area contributed by atoms with Crippen molar-refractivity contribution in [3.05, 3.63) is 62.4 Å². The minimum atomic E-state index is -4.51. The number of carbonyl (C=O) groups is 1.